The summed E-state index contributed by atoms with van der Waals surface area (Å²) in [5, 5.41) is 15.1. The van der Waals surface area contributed by atoms with Gasteiger partial charge in [0, 0.05) is 86.4 Å². The number of pyridine rings is 1. The molecule has 0 spiro atoms. The van der Waals surface area contributed by atoms with Crippen LogP contribution in [0.1, 0.15) is 84.6 Å². The number of ether oxygens (including phenoxy) is 1. The van der Waals surface area contributed by atoms with E-state index in [0.717, 1.165) is 80.4 Å². The number of benzene rings is 2. The number of hydrogen-bond acceptors (Lipinski definition) is 12. The summed E-state index contributed by atoms with van der Waals surface area (Å²) in [5.41, 5.74) is 1.99. The molecule has 2 aromatic heterocycles. The Kier molecular flexibility index (Phi) is 10.4. The number of amides is 5. The molecule has 0 bridgehead atoms. The SMILES string of the molecule is [C-]#[N+]c1ccc(OC2C(C)(C)C(NC(=O)c3ccc(N4CCC(CN5CCN(c6ccc7c(c6)C(=O)N(C6CCC(=O)NC6=O)C7=O)CC5)CC4)nn3)C2(C)C)c2cccnc12. The van der Waals surface area contributed by atoms with E-state index in [0.29, 0.717) is 28.4 Å². The fourth-order valence-corrected chi connectivity index (χ4v) is 10.6. The molecule has 2 N–H and O–H groups in total. The average Bonchev–Trinajstić information content (AvgIpc) is 3.52. The zero-order valence-electron chi connectivity index (χ0n) is 35.4. The molecule has 4 aromatic rings. The predicted octanol–water partition coefficient (Wildman–Crippen LogP) is 4.63. The van der Waals surface area contributed by atoms with Crippen molar-refractivity contribution in [2.45, 2.75) is 71.6 Å². The zero-order valence-corrected chi connectivity index (χ0v) is 35.4. The first kappa shape index (κ1) is 40.9. The molecule has 3 saturated heterocycles. The third-order valence-corrected chi connectivity index (χ3v) is 13.7. The van der Waals surface area contributed by atoms with Gasteiger partial charge in [0.1, 0.15) is 17.9 Å². The molecule has 0 radical (unpaired) electrons. The fraction of sp³-hybridized carbons (Fsp3) is 0.457. The van der Waals surface area contributed by atoms with Crippen molar-refractivity contribution < 1.29 is 28.7 Å². The molecule has 1 aliphatic carbocycles. The molecule has 9 rings (SSSR count). The number of hydrogen-bond donors (Lipinski definition) is 2. The smallest absolute Gasteiger partial charge is 0.272 e. The van der Waals surface area contributed by atoms with E-state index in [-0.39, 0.29) is 42.2 Å². The van der Waals surface area contributed by atoms with Crippen molar-refractivity contribution in [3.63, 3.8) is 0 Å². The number of aromatic nitrogens is 3. The third-order valence-electron chi connectivity index (χ3n) is 13.7. The number of fused-ring (bicyclic) bond motifs is 2. The van der Waals surface area contributed by atoms with Gasteiger partial charge >= 0.3 is 0 Å². The first-order valence-electron chi connectivity index (χ1n) is 21.4. The van der Waals surface area contributed by atoms with E-state index in [4.69, 9.17) is 11.3 Å². The second-order valence-corrected chi connectivity index (χ2v) is 18.3. The van der Waals surface area contributed by atoms with E-state index in [9.17, 15) is 24.0 Å². The fourth-order valence-electron chi connectivity index (χ4n) is 10.6. The normalized spacial score (nSPS) is 23.7. The van der Waals surface area contributed by atoms with E-state index in [2.05, 4.69) is 73.1 Å². The van der Waals surface area contributed by atoms with Crippen LogP contribution in [0.15, 0.2) is 60.8 Å². The third kappa shape index (κ3) is 7.17. The Bertz CT molecular complexity index is 2500. The number of carbonyl (C=O) groups excluding carboxylic acids is 5. The van der Waals surface area contributed by atoms with Crippen molar-refractivity contribution in [2.24, 2.45) is 16.7 Å². The van der Waals surface area contributed by atoms with Gasteiger partial charge in [0.2, 0.25) is 17.5 Å². The Morgan fingerprint density at radius 1 is 0.871 bits per heavy atom. The molecular formula is C46H50N10O6. The van der Waals surface area contributed by atoms with Crippen molar-refractivity contribution in [3.05, 3.63) is 89.0 Å². The number of nitrogens with one attached hydrogen (secondary N) is 2. The van der Waals surface area contributed by atoms with Crippen molar-refractivity contribution in [3.8, 4) is 5.75 Å². The summed E-state index contributed by atoms with van der Waals surface area (Å²) in [7, 11) is 0. The molecule has 6 heterocycles. The minimum Gasteiger partial charge on any atom is -0.489 e. The lowest BCUT2D eigenvalue weighted by Crippen LogP contribution is -2.74. The molecule has 2 aromatic carbocycles. The van der Waals surface area contributed by atoms with Crippen molar-refractivity contribution in [1.82, 2.24) is 35.6 Å². The van der Waals surface area contributed by atoms with Crippen LogP contribution in [-0.2, 0) is 9.59 Å². The molecule has 5 aliphatic rings. The number of imide groups is 2. The van der Waals surface area contributed by atoms with E-state index in [1.54, 1.807) is 30.5 Å². The van der Waals surface area contributed by atoms with Crippen LogP contribution in [0.2, 0.25) is 0 Å². The van der Waals surface area contributed by atoms with Crippen LogP contribution in [0, 0.1) is 23.3 Å². The highest BCUT2D eigenvalue weighted by Crippen LogP contribution is 2.56. The molecule has 5 amide bonds. The van der Waals surface area contributed by atoms with Gasteiger partial charge in [-0.05, 0) is 73.7 Å². The van der Waals surface area contributed by atoms with Gasteiger partial charge in [0.05, 0.1) is 23.2 Å². The number of carbonyl (C=O) groups is 5. The van der Waals surface area contributed by atoms with E-state index in [1.807, 2.05) is 30.3 Å². The van der Waals surface area contributed by atoms with Gasteiger partial charge in [-0.1, -0.05) is 33.8 Å². The molecule has 16 heteroatoms. The molecule has 4 aliphatic heterocycles. The summed E-state index contributed by atoms with van der Waals surface area (Å²) in [6.07, 6.45) is 3.70. The number of rotatable bonds is 9. The van der Waals surface area contributed by atoms with Gasteiger partial charge in [-0.3, -0.25) is 44.1 Å². The Labute approximate surface area is 359 Å². The predicted molar refractivity (Wildman–Crippen MR) is 230 cm³/mol. The molecule has 4 fully saturated rings. The Balaban J connectivity index is 0.740. The van der Waals surface area contributed by atoms with Crippen molar-refractivity contribution >= 4 is 57.6 Å². The lowest BCUT2D eigenvalue weighted by Gasteiger charge is -2.63. The van der Waals surface area contributed by atoms with Gasteiger partial charge in [0.15, 0.2) is 11.5 Å². The highest BCUT2D eigenvalue weighted by atomic mass is 16.5. The highest BCUT2D eigenvalue weighted by Gasteiger charge is 2.64. The molecule has 1 atom stereocenters. The first-order chi connectivity index (χ1) is 29.7. The molecule has 62 heavy (non-hydrogen) atoms. The maximum atomic E-state index is 13.5. The summed E-state index contributed by atoms with van der Waals surface area (Å²) in [6.45, 7) is 21.9. The Morgan fingerprint density at radius 2 is 1.61 bits per heavy atom. The highest BCUT2D eigenvalue weighted by molar-refractivity contribution is 6.23. The van der Waals surface area contributed by atoms with Gasteiger partial charge in [-0.15, -0.1) is 10.2 Å². The van der Waals surface area contributed by atoms with Crippen LogP contribution >= 0.6 is 0 Å². The quantitative estimate of drug-likeness (QED) is 0.177. The maximum Gasteiger partial charge on any atom is 0.272 e. The van der Waals surface area contributed by atoms with Crippen LogP contribution in [0.25, 0.3) is 15.7 Å². The van der Waals surface area contributed by atoms with Crippen LogP contribution in [0.4, 0.5) is 17.2 Å². The number of piperazine rings is 1. The van der Waals surface area contributed by atoms with Crippen molar-refractivity contribution in [2.75, 3.05) is 55.6 Å². The first-order valence-corrected chi connectivity index (χ1v) is 21.4. The molecule has 320 valence electrons. The monoisotopic (exact) mass is 838 g/mol. The number of piperidine rings is 2. The van der Waals surface area contributed by atoms with Gasteiger partial charge in [0.25, 0.3) is 17.7 Å². The summed E-state index contributed by atoms with van der Waals surface area (Å²) < 4.78 is 6.64. The number of anilines is 2. The van der Waals surface area contributed by atoms with E-state index in [1.165, 1.54) is 0 Å². The van der Waals surface area contributed by atoms with Gasteiger partial charge < -0.3 is 19.9 Å². The molecule has 16 nitrogen and oxygen atoms in total. The molecular weight excluding hydrogens is 789 g/mol. The van der Waals surface area contributed by atoms with E-state index >= 15 is 0 Å². The zero-order chi connectivity index (χ0) is 43.5. The number of nitrogens with zero attached hydrogens (tertiary/aromatic N) is 8. The molecule has 1 unspecified atom stereocenters. The lowest BCUT2D eigenvalue weighted by atomic mass is 9.49. The average molecular weight is 839 g/mol. The Hall–Kier alpha value is -6.47. The van der Waals surface area contributed by atoms with Crippen LogP contribution in [0.3, 0.4) is 0 Å². The van der Waals surface area contributed by atoms with E-state index < -0.39 is 40.5 Å². The van der Waals surface area contributed by atoms with Crippen molar-refractivity contribution in [1.29, 1.82) is 0 Å². The van der Waals surface area contributed by atoms with Crippen LogP contribution < -0.4 is 25.2 Å². The second-order valence-electron chi connectivity index (χ2n) is 18.3. The van der Waals surface area contributed by atoms with Gasteiger partial charge in [-0.2, -0.15) is 0 Å². The standard InChI is InChI=1S/C46H50N10O6/c1-45(2)43(46(3,4)44(45)62-35-13-10-32(47-5)38-30(35)7-6-18-48-38)50-39(58)33-11-14-36(52-51-33)55-19-16-27(17-20-55)26-53-21-23-54(24-22-53)28-8-9-29-31(25-28)42(61)56(41(29)60)34-12-15-37(57)49-40(34)59/h6-11,13-14,18,25,27,34,43-44H,12,15-17,19-24,26H2,1-4H3,(H,50,58)(H,49,57,59). The van der Waals surface area contributed by atoms with Gasteiger partial charge in [-0.25, -0.2) is 4.85 Å². The Morgan fingerprint density at radius 3 is 2.31 bits per heavy atom. The minimum atomic E-state index is -0.982. The topological polar surface area (TPSA) is 175 Å². The minimum absolute atomic E-state index is 0.0853. The summed E-state index contributed by atoms with van der Waals surface area (Å²) in [6, 6.07) is 15.1. The van der Waals surface area contributed by atoms with Crippen LogP contribution in [-0.4, -0.2) is 119 Å². The summed E-state index contributed by atoms with van der Waals surface area (Å²) >= 11 is 0. The molecule has 1 saturated carbocycles. The summed E-state index contributed by atoms with van der Waals surface area (Å²) in [4.78, 5) is 80.1. The lowest BCUT2D eigenvalue weighted by molar-refractivity contribution is -0.163. The largest absolute Gasteiger partial charge is 0.489 e. The summed E-state index contributed by atoms with van der Waals surface area (Å²) in [5.74, 6) is -0.323. The maximum absolute atomic E-state index is 13.5. The second kappa shape index (κ2) is 15.8. The van der Waals surface area contributed by atoms with Crippen LogP contribution in [0.5, 0.6) is 5.75 Å².